The number of nitrogens with one attached hydrogen (secondary N) is 2. The summed E-state index contributed by atoms with van der Waals surface area (Å²) in [6.07, 6.45) is 0.781. The molecule has 7 nitrogen and oxygen atoms in total. The van der Waals surface area contributed by atoms with Gasteiger partial charge in [-0.05, 0) is 65.4 Å². The van der Waals surface area contributed by atoms with E-state index in [1.165, 1.54) is 17.7 Å². The van der Waals surface area contributed by atoms with Crippen molar-refractivity contribution in [2.75, 3.05) is 22.3 Å². The van der Waals surface area contributed by atoms with Crippen molar-refractivity contribution in [2.45, 2.75) is 16.7 Å². The molecule has 0 radical (unpaired) electrons. The Morgan fingerprint density at radius 2 is 1.51 bits per heavy atom. The largest absolute Gasteiger partial charge is 0.326 e. The first kappa shape index (κ1) is 28.5. The summed E-state index contributed by atoms with van der Waals surface area (Å²) >= 11 is 1.59. The zero-order valence-electron chi connectivity index (χ0n) is 23.1. The van der Waals surface area contributed by atoms with Gasteiger partial charge in [-0.3, -0.25) is 14.3 Å². The first-order chi connectivity index (χ1) is 20.9. The average Bonchev–Trinajstić information content (AvgIpc) is 3.40. The smallest absolute Gasteiger partial charge is 0.261 e. The van der Waals surface area contributed by atoms with Gasteiger partial charge in [0.05, 0.1) is 16.3 Å². The average molecular weight is 608 g/mol. The Morgan fingerprint density at radius 3 is 2.28 bits per heavy atom. The molecule has 9 heteroatoms. The Balaban J connectivity index is 1.09. The van der Waals surface area contributed by atoms with E-state index in [2.05, 4.69) is 22.2 Å². The van der Waals surface area contributed by atoms with Gasteiger partial charge in [0, 0.05) is 23.2 Å². The van der Waals surface area contributed by atoms with Crippen LogP contribution in [0.2, 0.25) is 0 Å². The fraction of sp³-hybridized carbons (Fsp3) is 0.118. The van der Waals surface area contributed by atoms with Crippen LogP contribution in [0.1, 0.15) is 26.9 Å². The Kier molecular flexibility index (Phi) is 8.18. The van der Waals surface area contributed by atoms with Crippen LogP contribution in [0, 0.1) is 0 Å². The van der Waals surface area contributed by atoms with Crippen molar-refractivity contribution in [3.05, 3.63) is 138 Å². The molecule has 6 rings (SSSR count). The van der Waals surface area contributed by atoms with E-state index in [0.29, 0.717) is 29.2 Å². The van der Waals surface area contributed by atoms with E-state index in [-0.39, 0.29) is 22.1 Å². The fourth-order valence-corrected chi connectivity index (χ4v) is 7.40. The Labute approximate surface area is 255 Å². The zero-order chi connectivity index (χ0) is 29.8. The number of hydrogen-bond acceptors (Lipinski definition) is 5. The van der Waals surface area contributed by atoms with Gasteiger partial charge in [0.25, 0.3) is 15.9 Å². The Hall–Kier alpha value is -4.60. The van der Waals surface area contributed by atoms with Gasteiger partial charge in [-0.1, -0.05) is 78.9 Å². The van der Waals surface area contributed by atoms with Gasteiger partial charge in [-0.2, -0.15) is 0 Å². The predicted molar refractivity (Wildman–Crippen MR) is 173 cm³/mol. The highest BCUT2D eigenvalue weighted by Gasteiger charge is 2.32. The second-order valence-electron chi connectivity index (χ2n) is 10.2. The first-order valence-electron chi connectivity index (χ1n) is 13.8. The van der Waals surface area contributed by atoms with Crippen molar-refractivity contribution in [1.29, 1.82) is 0 Å². The maximum Gasteiger partial charge on any atom is 0.261 e. The van der Waals surface area contributed by atoms with Crippen LogP contribution >= 0.6 is 11.8 Å². The molecule has 0 bridgehead atoms. The van der Waals surface area contributed by atoms with Gasteiger partial charge in [0.15, 0.2) is 0 Å². The standard InChI is InChI=1S/C34H29N3O4S2/c38-32-23-42-34(37(32)22-21-24-7-2-1-3-8-24)27-15-13-26(14-16-27)33(39)35-28-17-19-29(20-18-28)43(40,41)36-31-12-6-10-25-9-4-5-11-30(25)31/h1-20,34,36H,21-23H2,(H,35,39)/t34-/m0/s1. The number of hydrogen-bond donors (Lipinski definition) is 2. The monoisotopic (exact) mass is 607 g/mol. The van der Waals surface area contributed by atoms with Crippen molar-refractivity contribution in [2.24, 2.45) is 0 Å². The third-order valence-electron chi connectivity index (χ3n) is 7.37. The van der Waals surface area contributed by atoms with Gasteiger partial charge >= 0.3 is 0 Å². The van der Waals surface area contributed by atoms with Gasteiger partial charge < -0.3 is 10.2 Å². The summed E-state index contributed by atoms with van der Waals surface area (Å²) < 4.78 is 28.8. The van der Waals surface area contributed by atoms with Gasteiger partial charge in [0.2, 0.25) is 5.91 Å². The second kappa shape index (κ2) is 12.3. The molecule has 216 valence electrons. The van der Waals surface area contributed by atoms with Crippen LogP contribution in [-0.4, -0.2) is 37.4 Å². The lowest BCUT2D eigenvalue weighted by Crippen LogP contribution is -2.30. The highest BCUT2D eigenvalue weighted by molar-refractivity contribution is 8.00. The lowest BCUT2D eigenvalue weighted by Gasteiger charge is -2.24. The van der Waals surface area contributed by atoms with E-state index in [1.807, 2.05) is 65.6 Å². The summed E-state index contributed by atoms with van der Waals surface area (Å²) in [6.45, 7) is 0.631. The molecular weight excluding hydrogens is 579 g/mol. The number of amides is 2. The molecule has 1 heterocycles. The highest BCUT2D eigenvalue weighted by atomic mass is 32.2. The molecule has 1 aliphatic rings. The fourth-order valence-electron chi connectivity index (χ4n) is 5.10. The first-order valence-corrected chi connectivity index (χ1v) is 16.4. The molecule has 5 aromatic carbocycles. The molecule has 1 fully saturated rings. The van der Waals surface area contributed by atoms with Crippen molar-refractivity contribution in [1.82, 2.24) is 4.90 Å². The van der Waals surface area contributed by atoms with E-state index in [9.17, 15) is 18.0 Å². The number of sulfonamides is 1. The highest BCUT2D eigenvalue weighted by Crippen LogP contribution is 2.38. The molecule has 1 aliphatic heterocycles. The quantitative estimate of drug-likeness (QED) is 0.194. The van der Waals surface area contributed by atoms with E-state index in [0.717, 1.165) is 22.8 Å². The molecule has 0 saturated carbocycles. The van der Waals surface area contributed by atoms with Crippen molar-refractivity contribution in [3.8, 4) is 0 Å². The molecular formula is C34H29N3O4S2. The topological polar surface area (TPSA) is 95.6 Å². The SMILES string of the molecule is O=C(Nc1ccc(S(=O)(=O)Nc2cccc3ccccc23)cc1)c1ccc([C@@H]2SCC(=O)N2CCc2ccccc2)cc1. The van der Waals surface area contributed by atoms with Crippen LogP contribution in [0.15, 0.2) is 126 Å². The van der Waals surface area contributed by atoms with Crippen LogP contribution in [0.4, 0.5) is 11.4 Å². The van der Waals surface area contributed by atoms with E-state index in [4.69, 9.17) is 0 Å². The van der Waals surface area contributed by atoms with E-state index < -0.39 is 10.0 Å². The van der Waals surface area contributed by atoms with E-state index in [1.54, 1.807) is 48.2 Å². The molecule has 0 aliphatic carbocycles. The number of benzene rings is 5. The zero-order valence-corrected chi connectivity index (χ0v) is 24.8. The second-order valence-corrected chi connectivity index (χ2v) is 13.0. The third kappa shape index (κ3) is 6.43. The Morgan fingerprint density at radius 1 is 0.814 bits per heavy atom. The normalized spacial score (nSPS) is 15.0. The van der Waals surface area contributed by atoms with Crippen LogP contribution in [0.3, 0.4) is 0 Å². The predicted octanol–water partition coefficient (Wildman–Crippen LogP) is 6.71. The Bertz CT molecular complexity index is 1870. The van der Waals surface area contributed by atoms with Gasteiger partial charge in [-0.25, -0.2) is 8.42 Å². The number of rotatable bonds is 9. The summed E-state index contributed by atoms with van der Waals surface area (Å²) in [5, 5.41) is 4.48. The molecule has 5 aromatic rings. The van der Waals surface area contributed by atoms with E-state index >= 15 is 0 Å². The minimum Gasteiger partial charge on any atom is -0.326 e. The molecule has 0 unspecified atom stereocenters. The number of anilines is 2. The molecule has 2 amide bonds. The minimum atomic E-state index is -3.84. The summed E-state index contributed by atoms with van der Waals surface area (Å²) in [5.41, 5.74) is 3.59. The summed E-state index contributed by atoms with van der Waals surface area (Å²) in [4.78, 5) is 27.5. The molecule has 2 N–H and O–H groups in total. The maximum absolute atomic E-state index is 13.1. The van der Waals surface area contributed by atoms with Crippen molar-refractivity contribution >= 4 is 55.7 Å². The third-order valence-corrected chi connectivity index (χ3v) is 10.0. The lowest BCUT2D eigenvalue weighted by atomic mass is 10.1. The summed E-state index contributed by atoms with van der Waals surface area (Å²) in [5.74, 6) is 0.239. The van der Waals surface area contributed by atoms with Crippen LogP contribution in [0.25, 0.3) is 10.8 Å². The van der Waals surface area contributed by atoms with Gasteiger partial charge in [-0.15, -0.1) is 11.8 Å². The number of carbonyl (C=O) groups excluding carboxylic acids is 2. The number of fused-ring (bicyclic) bond motifs is 1. The molecule has 0 spiro atoms. The minimum absolute atomic E-state index is 0.0863. The van der Waals surface area contributed by atoms with Crippen molar-refractivity contribution in [3.63, 3.8) is 0 Å². The number of nitrogens with zero attached hydrogens (tertiary/aromatic N) is 1. The maximum atomic E-state index is 13.1. The molecule has 0 aromatic heterocycles. The molecule has 1 saturated heterocycles. The molecule has 43 heavy (non-hydrogen) atoms. The van der Waals surface area contributed by atoms with Crippen LogP contribution in [-0.2, 0) is 21.2 Å². The summed E-state index contributed by atoms with van der Waals surface area (Å²) in [7, 11) is -3.84. The van der Waals surface area contributed by atoms with Crippen molar-refractivity contribution < 1.29 is 18.0 Å². The van der Waals surface area contributed by atoms with Crippen LogP contribution in [0.5, 0.6) is 0 Å². The van der Waals surface area contributed by atoms with Crippen LogP contribution < -0.4 is 10.0 Å². The number of carbonyl (C=O) groups is 2. The lowest BCUT2D eigenvalue weighted by molar-refractivity contribution is -0.128. The summed E-state index contributed by atoms with van der Waals surface area (Å²) in [6, 6.07) is 36.4. The van der Waals surface area contributed by atoms with Gasteiger partial charge in [0.1, 0.15) is 5.37 Å². The number of thioether (sulfide) groups is 1. The molecule has 1 atom stereocenters.